The maximum absolute atomic E-state index is 13.7. The van der Waals surface area contributed by atoms with Crippen molar-refractivity contribution in [2.75, 3.05) is 20.1 Å². The summed E-state index contributed by atoms with van der Waals surface area (Å²) in [6, 6.07) is 0. The molecule has 10 heteroatoms. The molecule has 0 aromatic carbocycles. The standard InChI is InChI=1S/C18H32F2O6P2/c1-15(2)8-6-9-16(3)10-7-11-17(4)12-13-26-14-27(21,25-5)18(19,20)28(22,23)24/h8,10,12H,6-7,9,11,13-14H2,1-5H3,(H2,22,23,24). The SMILES string of the molecule is COP(=O)(COCC=C(C)CCC=C(C)CCC=C(C)C)C(F)(F)P(=O)(O)O. The first-order chi connectivity index (χ1) is 12.8. The molecule has 0 amide bonds. The first kappa shape index (κ1) is 27.4. The molecule has 0 spiro atoms. The Bertz CT molecular complexity index is 676. The second kappa shape index (κ2) is 12.2. The molecule has 0 heterocycles. The molecular weight excluding hydrogens is 412 g/mol. The number of hydrogen-bond acceptors (Lipinski definition) is 4. The van der Waals surface area contributed by atoms with Crippen LogP contribution in [0.4, 0.5) is 8.78 Å². The Kier molecular flexibility index (Phi) is 11.9. The number of alkyl halides is 2. The van der Waals surface area contributed by atoms with Crippen molar-refractivity contribution in [3.05, 3.63) is 34.9 Å². The summed E-state index contributed by atoms with van der Waals surface area (Å²) < 4.78 is 59.5. The lowest BCUT2D eigenvalue weighted by Gasteiger charge is -2.25. The number of hydrogen-bond donors (Lipinski definition) is 2. The fourth-order valence-electron chi connectivity index (χ4n) is 2.15. The number of ether oxygens (including phenoxy) is 1. The number of allylic oxidation sites excluding steroid dienone is 5. The van der Waals surface area contributed by atoms with Gasteiger partial charge in [-0.15, -0.1) is 0 Å². The van der Waals surface area contributed by atoms with Gasteiger partial charge in [-0.25, -0.2) is 0 Å². The molecule has 0 aromatic rings. The van der Waals surface area contributed by atoms with Crippen LogP contribution in [0.25, 0.3) is 0 Å². The Hall–Kier alpha value is -0.620. The van der Waals surface area contributed by atoms with E-state index in [4.69, 9.17) is 14.5 Å². The normalized spacial score (nSPS) is 16.0. The van der Waals surface area contributed by atoms with Gasteiger partial charge < -0.3 is 19.0 Å². The van der Waals surface area contributed by atoms with Gasteiger partial charge in [-0.2, -0.15) is 8.78 Å². The van der Waals surface area contributed by atoms with Crippen molar-refractivity contribution in [1.82, 2.24) is 0 Å². The highest BCUT2D eigenvalue weighted by Crippen LogP contribution is 2.74. The van der Waals surface area contributed by atoms with Crippen LogP contribution in [0.3, 0.4) is 0 Å². The summed E-state index contributed by atoms with van der Waals surface area (Å²) in [6.45, 7) is 7.95. The molecule has 0 fully saturated rings. The topological polar surface area (TPSA) is 93.1 Å². The van der Waals surface area contributed by atoms with Gasteiger partial charge >= 0.3 is 20.4 Å². The summed E-state index contributed by atoms with van der Waals surface area (Å²) in [5, 5.41) is -4.79. The minimum atomic E-state index is -5.94. The Morgan fingerprint density at radius 3 is 1.93 bits per heavy atom. The van der Waals surface area contributed by atoms with E-state index < -0.39 is 26.7 Å². The van der Waals surface area contributed by atoms with E-state index in [1.807, 2.05) is 6.92 Å². The van der Waals surface area contributed by atoms with Crippen molar-refractivity contribution in [3.8, 4) is 0 Å². The lowest BCUT2D eigenvalue weighted by atomic mass is 10.1. The summed E-state index contributed by atoms with van der Waals surface area (Å²) >= 11 is 0. The first-order valence-corrected chi connectivity index (χ1v) is 12.3. The van der Waals surface area contributed by atoms with E-state index >= 15 is 0 Å². The molecule has 0 aliphatic carbocycles. The zero-order chi connectivity index (χ0) is 22.0. The average molecular weight is 444 g/mol. The quantitative estimate of drug-likeness (QED) is 0.205. The molecule has 0 saturated carbocycles. The van der Waals surface area contributed by atoms with Crippen LogP contribution in [-0.4, -0.2) is 35.3 Å². The van der Waals surface area contributed by atoms with Gasteiger partial charge in [-0.3, -0.25) is 9.13 Å². The fraction of sp³-hybridized carbons (Fsp3) is 0.667. The van der Waals surface area contributed by atoms with E-state index in [2.05, 4.69) is 37.4 Å². The van der Waals surface area contributed by atoms with E-state index in [0.717, 1.165) is 31.3 Å². The van der Waals surface area contributed by atoms with E-state index in [0.29, 0.717) is 7.11 Å². The van der Waals surface area contributed by atoms with Gasteiger partial charge in [0, 0.05) is 7.11 Å². The van der Waals surface area contributed by atoms with Crippen LogP contribution in [0.15, 0.2) is 34.9 Å². The van der Waals surface area contributed by atoms with E-state index in [-0.39, 0.29) is 6.61 Å². The molecule has 0 rings (SSSR count). The Morgan fingerprint density at radius 2 is 1.46 bits per heavy atom. The smallest absolute Gasteiger partial charge is 0.367 e. The molecular formula is C18H32F2O6P2. The summed E-state index contributed by atoms with van der Waals surface area (Å²) in [5.74, 6) is 0. The highest BCUT2D eigenvalue weighted by atomic mass is 31.2. The number of halogens is 2. The molecule has 0 aliphatic heterocycles. The van der Waals surface area contributed by atoms with Crippen molar-refractivity contribution in [1.29, 1.82) is 0 Å². The van der Waals surface area contributed by atoms with Crippen molar-refractivity contribution in [2.24, 2.45) is 0 Å². The lowest BCUT2D eigenvalue weighted by molar-refractivity contribution is 0.104. The fourth-order valence-corrected chi connectivity index (χ4v) is 4.98. The molecule has 0 bridgehead atoms. The van der Waals surface area contributed by atoms with Gasteiger partial charge in [-0.05, 0) is 53.4 Å². The second-order valence-electron chi connectivity index (χ2n) is 6.87. The van der Waals surface area contributed by atoms with E-state index in [1.54, 1.807) is 6.08 Å². The highest BCUT2D eigenvalue weighted by molar-refractivity contribution is 7.75. The average Bonchev–Trinajstić information content (AvgIpc) is 2.57. The molecule has 0 radical (unpaired) electrons. The van der Waals surface area contributed by atoms with Crippen LogP contribution >= 0.6 is 15.0 Å². The third-order valence-electron chi connectivity index (χ3n) is 3.99. The molecule has 2 N–H and O–H groups in total. The molecule has 164 valence electrons. The van der Waals surface area contributed by atoms with E-state index in [9.17, 15) is 17.9 Å². The van der Waals surface area contributed by atoms with Crippen molar-refractivity contribution in [2.45, 2.75) is 58.8 Å². The molecule has 6 nitrogen and oxygen atoms in total. The van der Waals surface area contributed by atoms with Crippen LogP contribution in [0.1, 0.15) is 53.4 Å². The second-order valence-corrected chi connectivity index (χ2v) is 11.4. The third-order valence-corrected chi connectivity index (χ3v) is 8.32. The highest BCUT2D eigenvalue weighted by Gasteiger charge is 2.64. The monoisotopic (exact) mass is 444 g/mol. The van der Waals surface area contributed by atoms with Crippen LogP contribution in [0.5, 0.6) is 0 Å². The van der Waals surface area contributed by atoms with Crippen molar-refractivity contribution >= 4 is 15.0 Å². The van der Waals surface area contributed by atoms with Crippen LogP contribution in [0.2, 0.25) is 0 Å². The van der Waals surface area contributed by atoms with Crippen molar-refractivity contribution < 1.29 is 37.0 Å². The predicted molar refractivity (Wildman–Crippen MR) is 108 cm³/mol. The molecule has 1 unspecified atom stereocenters. The van der Waals surface area contributed by atoms with E-state index in [1.165, 1.54) is 11.1 Å². The van der Waals surface area contributed by atoms with Crippen LogP contribution < -0.4 is 0 Å². The van der Waals surface area contributed by atoms with Gasteiger partial charge in [0.2, 0.25) is 0 Å². The summed E-state index contributed by atoms with van der Waals surface area (Å²) in [4.78, 5) is 17.4. The Labute approximate surface area is 166 Å². The zero-order valence-corrected chi connectivity index (χ0v) is 18.9. The Balaban J connectivity index is 4.50. The maximum Gasteiger partial charge on any atom is 0.420 e. The summed E-state index contributed by atoms with van der Waals surface area (Å²) in [6.07, 6.45) is 8.49. The largest absolute Gasteiger partial charge is 0.420 e. The number of rotatable bonds is 13. The molecule has 0 saturated heterocycles. The predicted octanol–water partition coefficient (Wildman–Crippen LogP) is 6.03. The van der Waals surface area contributed by atoms with Crippen molar-refractivity contribution in [3.63, 3.8) is 0 Å². The Morgan fingerprint density at radius 1 is 0.964 bits per heavy atom. The third kappa shape index (κ3) is 9.25. The zero-order valence-electron chi connectivity index (χ0n) is 17.2. The van der Waals surface area contributed by atoms with Gasteiger partial charge in [0.1, 0.15) is 6.35 Å². The van der Waals surface area contributed by atoms with Crippen LogP contribution in [-0.2, 0) is 18.4 Å². The van der Waals surface area contributed by atoms with Gasteiger partial charge in [0.05, 0.1) is 6.61 Å². The molecule has 28 heavy (non-hydrogen) atoms. The van der Waals surface area contributed by atoms with Gasteiger partial charge in [0.25, 0.3) is 0 Å². The van der Waals surface area contributed by atoms with Gasteiger partial charge in [0.15, 0.2) is 0 Å². The maximum atomic E-state index is 13.7. The summed E-state index contributed by atoms with van der Waals surface area (Å²) in [7, 11) is -10.2. The van der Waals surface area contributed by atoms with Gasteiger partial charge in [-0.1, -0.05) is 34.9 Å². The molecule has 1 atom stereocenters. The minimum Gasteiger partial charge on any atom is -0.367 e. The first-order valence-electron chi connectivity index (χ1n) is 8.87. The molecule has 0 aromatic heterocycles. The minimum absolute atomic E-state index is 0.111. The lowest BCUT2D eigenvalue weighted by Crippen LogP contribution is -2.21. The van der Waals surface area contributed by atoms with Crippen LogP contribution in [0, 0.1) is 0 Å². The molecule has 0 aliphatic rings. The summed E-state index contributed by atoms with van der Waals surface area (Å²) in [5.41, 5.74) is 3.55.